The Labute approximate surface area is 173 Å². The minimum absolute atomic E-state index is 0.712. The molecule has 9 nitrogen and oxygen atoms in total. The van der Waals surface area contributed by atoms with E-state index in [9.17, 15) is 14.4 Å². The SMILES string of the molecule is COCCN(c1ccccc1)c1ccccc1.O=C(O)CC(O)(CC(=O)O)C(=O)O. The van der Waals surface area contributed by atoms with Gasteiger partial charge in [-0.3, -0.25) is 9.59 Å². The van der Waals surface area contributed by atoms with E-state index in [2.05, 4.69) is 53.4 Å². The monoisotopic (exact) mass is 419 g/mol. The standard InChI is InChI=1S/C15H17NO.C6H8O7/c1-17-13-12-16(14-8-4-2-5-9-14)15-10-6-3-7-11-15;7-3(8)1-6(13,5(11)12)2-4(9)10/h2-11H,12-13H2,1H3;13H,1-2H2,(H,7,8)(H,9,10)(H,11,12). The van der Waals surface area contributed by atoms with E-state index >= 15 is 0 Å². The summed E-state index contributed by atoms with van der Waals surface area (Å²) in [6.45, 7) is 1.56. The summed E-state index contributed by atoms with van der Waals surface area (Å²) in [5.41, 5.74) is -0.357. The third kappa shape index (κ3) is 8.29. The number of methoxy groups -OCH3 is 1. The van der Waals surface area contributed by atoms with Gasteiger partial charge in [0.05, 0.1) is 19.4 Å². The van der Waals surface area contributed by atoms with Crippen molar-refractivity contribution < 1.29 is 39.5 Å². The lowest BCUT2D eigenvalue weighted by Crippen LogP contribution is -2.42. The molecule has 2 rings (SSSR count). The number of carbonyl (C=O) groups is 3. The van der Waals surface area contributed by atoms with E-state index in [0.717, 1.165) is 6.54 Å². The smallest absolute Gasteiger partial charge is 0.336 e. The second-order valence-electron chi connectivity index (χ2n) is 6.29. The Morgan fingerprint density at radius 3 is 1.53 bits per heavy atom. The van der Waals surface area contributed by atoms with E-state index in [1.165, 1.54) is 11.4 Å². The molecule has 0 aromatic heterocycles. The van der Waals surface area contributed by atoms with Crippen LogP contribution in [-0.2, 0) is 19.1 Å². The number of anilines is 2. The lowest BCUT2D eigenvalue weighted by atomic mass is 9.96. The van der Waals surface area contributed by atoms with E-state index < -0.39 is 36.4 Å². The van der Waals surface area contributed by atoms with E-state index in [4.69, 9.17) is 25.2 Å². The van der Waals surface area contributed by atoms with Gasteiger partial charge in [0.15, 0.2) is 5.60 Å². The fourth-order valence-electron chi connectivity index (χ4n) is 2.52. The Balaban J connectivity index is 0.000000314. The Morgan fingerprint density at radius 2 is 1.23 bits per heavy atom. The summed E-state index contributed by atoms with van der Waals surface area (Å²) >= 11 is 0. The highest BCUT2D eigenvalue weighted by atomic mass is 16.5. The second-order valence-corrected chi connectivity index (χ2v) is 6.29. The molecular formula is C21H25NO8. The van der Waals surface area contributed by atoms with Gasteiger partial charge in [-0.05, 0) is 24.3 Å². The van der Waals surface area contributed by atoms with Crippen LogP contribution in [0.15, 0.2) is 60.7 Å². The minimum Gasteiger partial charge on any atom is -0.481 e. The van der Waals surface area contributed by atoms with Gasteiger partial charge < -0.3 is 30.1 Å². The van der Waals surface area contributed by atoms with Crippen molar-refractivity contribution >= 4 is 29.3 Å². The van der Waals surface area contributed by atoms with Crippen LogP contribution < -0.4 is 4.90 Å². The zero-order valence-corrected chi connectivity index (χ0v) is 16.5. The van der Waals surface area contributed by atoms with Crippen molar-refractivity contribution in [1.82, 2.24) is 0 Å². The number of carboxylic acids is 3. The average molecular weight is 419 g/mol. The molecule has 0 saturated carbocycles. The molecule has 2 aromatic carbocycles. The van der Waals surface area contributed by atoms with Crippen molar-refractivity contribution in [2.75, 3.05) is 25.2 Å². The van der Waals surface area contributed by atoms with Crippen molar-refractivity contribution in [1.29, 1.82) is 0 Å². The first-order valence-electron chi connectivity index (χ1n) is 8.95. The van der Waals surface area contributed by atoms with E-state index in [1.807, 2.05) is 12.1 Å². The molecule has 9 heteroatoms. The summed E-state index contributed by atoms with van der Waals surface area (Å²) < 4.78 is 5.17. The molecule has 4 N–H and O–H groups in total. The second kappa shape index (κ2) is 12.2. The molecule has 0 aliphatic heterocycles. The van der Waals surface area contributed by atoms with Crippen LogP contribution >= 0.6 is 0 Å². The zero-order chi connectivity index (χ0) is 22.6. The van der Waals surface area contributed by atoms with Gasteiger partial charge >= 0.3 is 17.9 Å². The predicted octanol–water partition coefficient (Wildman–Crippen LogP) is 2.22. The lowest BCUT2D eigenvalue weighted by molar-refractivity contribution is -0.170. The fraction of sp³-hybridized carbons (Fsp3) is 0.286. The number of ether oxygens (including phenoxy) is 1. The van der Waals surface area contributed by atoms with Crippen molar-refractivity contribution in [2.24, 2.45) is 0 Å². The minimum atomic E-state index is -2.74. The highest BCUT2D eigenvalue weighted by molar-refractivity contribution is 5.88. The van der Waals surface area contributed by atoms with Crippen LogP contribution in [0.25, 0.3) is 0 Å². The number of hydrogen-bond acceptors (Lipinski definition) is 6. The summed E-state index contributed by atoms with van der Waals surface area (Å²) in [4.78, 5) is 32.7. The van der Waals surface area contributed by atoms with Crippen molar-refractivity contribution in [3.8, 4) is 0 Å². The number of para-hydroxylation sites is 2. The number of aliphatic hydroxyl groups is 1. The Bertz CT molecular complexity index is 755. The molecule has 0 amide bonds. The van der Waals surface area contributed by atoms with Crippen LogP contribution in [0.1, 0.15) is 12.8 Å². The van der Waals surface area contributed by atoms with E-state index in [1.54, 1.807) is 7.11 Å². The van der Waals surface area contributed by atoms with Gasteiger partial charge in [-0.1, -0.05) is 36.4 Å². The van der Waals surface area contributed by atoms with Gasteiger partial charge in [-0.25, -0.2) is 4.79 Å². The fourth-order valence-corrected chi connectivity index (χ4v) is 2.52. The highest BCUT2D eigenvalue weighted by Gasteiger charge is 2.40. The maximum Gasteiger partial charge on any atom is 0.336 e. The third-order valence-corrected chi connectivity index (χ3v) is 3.94. The normalized spacial score (nSPS) is 10.5. The molecule has 0 aliphatic carbocycles. The zero-order valence-electron chi connectivity index (χ0n) is 16.5. The van der Waals surface area contributed by atoms with Crippen molar-refractivity contribution in [3.05, 3.63) is 60.7 Å². The molecule has 162 valence electrons. The van der Waals surface area contributed by atoms with E-state index in [0.29, 0.717) is 6.61 Å². The number of aliphatic carboxylic acids is 3. The predicted molar refractivity (Wildman–Crippen MR) is 109 cm³/mol. The number of rotatable bonds is 10. The summed E-state index contributed by atoms with van der Waals surface area (Å²) in [5, 5.41) is 33.8. The summed E-state index contributed by atoms with van der Waals surface area (Å²) in [5.74, 6) is -5.02. The third-order valence-electron chi connectivity index (χ3n) is 3.94. The summed E-state index contributed by atoms with van der Waals surface area (Å²) in [6.07, 6.45) is -2.29. The van der Waals surface area contributed by atoms with Crippen molar-refractivity contribution in [3.63, 3.8) is 0 Å². The molecule has 0 spiro atoms. The number of benzene rings is 2. The quantitative estimate of drug-likeness (QED) is 0.455. The first-order valence-corrected chi connectivity index (χ1v) is 8.95. The molecule has 0 radical (unpaired) electrons. The molecule has 0 heterocycles. The van der Waals surface area contributed by atoms with E-state index in [-0.39, 0.29) is 0 Å². The molecule has 30 heavy (non-hydrogen) atoms. The first kappa shape index (κ1) is 24.6. The van der Waals surface area contributed by atoms with Gasteiger partial charge in [0, 0.05) is 25.0 Å². The molecule has 0 fully saturated rings. The number of hydrogen-bond donors (Lipinski definition) is 4. The van der Waals surface area contributed by atoms with Gasteiger partial charge in [0.2, 0.25) is 0 Å². The van der Waals surface area contributed by atoms with Gasteiger partial charge in [0.25, 0.3) is 0 Å². The van der Waals surface area contributed by atoms with Crippen LogP contribution in [0.2, 0.25) is 0 Å². The maximum atomic E-state index is 10.3. The highest BCUT2D eigenvalue weighted by Crippen LogP contribution is 2.24. The molecule has 0 unspecified atom stereocenters. The van der Waals surface area contributed by atoms with Gasteiger partial charge in [-0.15, -0.1) is 0 Å². The molecule has 0 atom stereocenters. The molecular weight excluding hydrogens is 394 g/mol. The van der Waals surface area contributed by atoms with Crippen molar-refractivity contribution in [2.45, 2.75) is 18.4 Å². The van der Waals surface area contributed by atoms with Crippen LogP contribution in [-0.4, -0.2) is 64.2 Å². The summed E-state index contributed by atoms with van der Waals surface area (Å²) in [6, 6.07) is 20.7. The average Bonchev–Trinajstić information content (AvgIpc) is 2.69. The topological polar surface area (TPSA) is 145 Å². The van der Waals surface area contributed by atoms with Gasteiger partial charge in [0.1, 0.15) is 0 Å². The van der Waals surface area contributed by atoms with Crippen LogP contribution in [0.3, 0.4) is 0 Å². The largest absolute Gasteiger partial charge is 0.481 e. The van der Waals surface area contributed by atoms with Crippen LogP contribution in [0, 0.1) is 0 Å². The Kier molecular flexibility index (Phi) is 10.0. The Morgan fingerprint density at radius 1 is 0.833 bits per heavy atom. The number of nitrogens with zero attached hydrogens (tertiary/aromatic N) is 1. The summed E-state index contributed by atoms with van der Waals surface area (Å²) in [7, 11) is 1.73. The number of carboxylic acid groups (broad SMARTS) is 3. The molecule has 0 aliphatic rings. The first-order chi connectivity index (χ1) is 14.2. The van der Waals surface area contributed by atoms with Crippen LogP contribution in [0.4, 0.5) is 11.4 Å². The lowest BCUT2D eigenvalue weighted by Gasteiger charge is -2.24. The van der Waals surface area contributed by atoms with Crippen LogP contribution in [0.5, 0.6) is 0 Å². The molecule has 0 bridgehead atoms. The molecule has 0 saturated heterocycles. The van der Waals surface area contributed by atoms with Gasteiger partial charge in [-0.2, -0.15) is 0 Å². The maximum absolute atomic E-state index is 10.3. The molecule has 2 aromatic rings. The Hall–Kier alpha value is -3.43.